The second kappa shape index (κ2) is 5.98. The fourth-order valence-electron chi connectivity index (χ4n) is 1.97. The maximum atomic E-state index is 8.87. The van der Waals surface area contributed by atoms with Crippen LogP contribution in [0.1, 0.15) is 16.8 Å². The average molecular weight is 252 g/mol. The third-order valence-electron chi connectivity index (χ3n) is 2.77. The van der Waals surface area contributed by atoms with E-state index >= 15 is 0 Å². The van der Waals surface area contributed by atoms with Gasteiger partial charge in [0, 0.05) is 13.1 Å². The number of hydrogen-bond donors (Lipinski definition) is 1. The first-order valence-electron chi connectivity index (χ1n) is 6.06. The number of rotatable bonds is 4. The molecule has 2 N–H and O–H groups in total. The van der Waals surface area contributed by atoms with E-state index in [2.05, 4.69) is 16.0 Å². The van der Waals surface area contributed by atoms with Crippen LogP contribution < -0.4 is 5.73 Å². The van der Waals surface area contributed by atoms with Crippen molar-refractivity contribution in [3.05, 3.63) is 59.3 Å². The Morgan fingerprint density at radius 1 is 1.21 bits per heavy atom. The molecule has 0 fully saturated rings. The predicted molar refractivity (Wildman–Crippen MR) is 75.0 cm³/mol. The summed E-state index contributed by atoms with van der Waals surface area (Å²) in [6, 6.07) is 15.4. The molecule has 1 heterocycles. The molecule has 19 heavy (non-hydrogen) atoms. The Morgan fingerprint density at radius 2 is 2.00 bits per heavy atom. The third-order valence-corrected chi connectivity index (χ3v) is 2.77. The highest BCUT2D eigenvalue weighted by Crippen LogP contribution is 2.09. The van der Waals surface area contributed by atoms with Crippen LogP contribution in [-0.2, 0) is 13.1 Å². The summed E-state index contributed by atoms with van der Waals surface area (Å²) >= 11 is 0. The second-order valence-corrected chi connectivity index (χ2v) is 4.54. The zero-order valence-corrected chi connectivity index (χ0v) is 10.9. The van der Waals surface area contributed by atoms with E-state index in [1.165, 1.54) is 0 Å². The van der Waals surface area contributed by atoms with Crippen molar-refractivity contribution in [1.82, 2.24) is 9.88 Å². The van der Waals surface area contributed by atoms with Crippen molar-refractivity contribution in [3.63, 3.8) is 0 Å². The van der Waals surface area contributed by atoms with Crippen molar-refractivity contribution < 1.29 is 0 Å². The molecule has 0 radical (unpaired) electrons. The van der Waals surface area contributed by atoms with Crippen molar-refractivity contribution in [3.8, 4) is 6.07 Å². The van der Waals surface area contributed by atoms with Gasteiger partial charge in [-0.2, -0.15) is 5.26 Å². The van der Waals surface area contributed by atoms with Crippen LogP contribution in [0, 0.1) is 11.3 Å². The molecule has 2 rings (SSSR count). The van der Waals surface area contributed by atoms with E-state index < -0.39 is 0 Å². The summed E-state index contributed by atoms with van der Waals surface area (Å²) < 4.78 is 0. The Balaban J connectivity index is 2.01. The standard InChI is InChI=1S/C15H16N4/c1-19(11-14-6-3-7-15(17)18-14)10-13-5-2-4-12(8-13)9-16/h2-8H,10-11H2,1H3,(H2,17,18). The lowest BCUT2D eigenvalue weighted by molar-refractivity contribution is 0.315. The number of nitrogen functional groups attached to an aromatic ring is 1. The number of nitrogens with zero attached hydrogens (tertiary/aromatic N) is 3. The van der Waals surface area contributed by atoms with E-state index in [1.807, 2.05) is 43.4 Å². The number of aromatic nitrogens is 1. The lowest BCUT2D eigenvalue weighted by Gasteiger charge is -2.16. The van der Waals surface area contributed by atoms with Gasteiger partial charge in [0.2, 0.25) is 0 Å². The highest BCUT2D eigenvalue weighted by molar-refractivity contribution is 5.33. The molecule has 1 aromatic heterocycles. The lowest BCUT2D eigenvalue weighted by atomic mass is 10.1. The number of anilines is 1. The van der Waals surface area contributed by atoms with Crippen LogP contribution in [0.2, 0.25) is 0 Å². The average Bonchev–Trinajstić information content (AvgIpc) is 2.38. The van der Waals surface area contributed by atoms with E-state index in [9.17, 15) is 0 Å². The van der Waals surface area contributed by atoms with Crippen LogP contribution in [0.15, 0.2) is 42.5 Å². The van der Waals surface area contributed by atoms with E-state index in [1.54, 1.807) is 6.07 Å². The normalized spacial score (nSPS) is 10.4. The highest BCUT2D eigenvalue weighted by atomic mass is 15.1. The molecular weight excluding hydrogens is 236 g/mol. The number of nitriles is 1. The van der Waals surface area contributed by atoms with Crippen LogP contribution in [0.25, 0.3) is 0 Å². The topological polar surface area (TPSA) is 65.9 Å². The fraction of sp³-hybridized carbons (Fsp3) is 0.200. The summed E-state index contributed by atoms with van der Waals surface area (Å²) in [4.78, 5) is 6.41. The Kier molecular flexibility index (Phi) is 4.11. The molecule has 96 valence electrons. The van der Waals surface area contributed by atoms with Crippen molar-refractivity contribution >= 4 is 5.82 Å². The molecule has 0 aliphatic carbocycles. The molecule has 0 aliphatic rings. The van der Waals surface area contributed by atoms with Crippen molar-refractivity contribution in [2.45, 2.75) is 13.1 Å². The number of benzene rings is 1. The van der Waals surface area contributed by atoms with Crippen LogP contribution in [0.5, 0.6) is 0 Å². The minimum Gasteiger partial charge on any atom is -0.384 e. The van der Waals surface area contributed by atoms with Crippen molar-refractivity contribution in [2.75, 3.05) is 12.8 Å². The van der Waals surface area contributed by atoms with Crippen LogP contribution in [0.3, 0.4) is 0 Å². The van der Waals surface area contributed by atoms with Crippen LogP contribution in [0.4, 0.5) is 5.82 Å². The first kappa shape index (κ1) is 13.1. The zero-order chi connectivity index (χ0) is 13.7. The fourth-order valence-corrected chi connectivity index (χ4v) is 1.97. The summed E-state index contributed by atoms with van der Waals surface area (Å²) in [5.41, 5.74) is 8.41. The smallest absolute Gasteiger partial charge is 0.123 e. The summed E-state index contributed by atoms with van der Waals surface area (Å²) in [5.74, 6) is 0.539. The molecule has 0 spiro atoms. The molecule has 0 saturated carbocycles. The molecule has 1 aromatic carbocycles. The van der Waals surface area contributed by atoms with Gasteiger partial charge in [0.15, 0.2) is 0 Å². The molecule has 0 saturated heterocycles. The van der Waals surface area contributed by atoms with Gasteiger partial charge < -0.3 is 5.73 Å². The molecule has 0 aliphatic heterocycles. The third kappa shape index (κ3) is 3.80. The van der Waals surface area contributed by atoms with E-state index in [0.29, 0.717) is 11.4 Å². The van der Waals surface area contributed by atoms with E-state index in [4.69, 9.17) is 11.0 Å². The first-order valence-corrected chi connectivity index (χ1v) is 6.06. The molecule has 0 amide bonds. The summed E-state index contributed by atoms with van der Waals surface area (Å²) in [7, 11) is 2.02. The van der Waals surface area contributed by atoms with Crippen molar-refractivity contribution in [2.24, 2.45) is 0 Å². The molecule has 0 bridgehead atoms. The van der Waals surface area contributed by atoms with Gasteiger partial charge in [0.1, 0.15) is 5.82 Å². The Labute approximate surface area is 113 Å². The number of hydrogen-bond acceptors (Lipinski definition) is 4. The number of pyridine rings is 1. The molecule has 4 heteroatoms. The van der Waals surface area contributed by atoms with Crippen LogP contribution >= 0.6 is 0 Å². The Morgan fingerprint density at radius 3 is 2.74 bits per heavy atom. The maximum Gasteiger partial charge on any atom is 0.123 e. The van der Waals surface area contributed by atoms with Crippen molar-refractivity contribution in [1.29, 1.82) is 5.26 Å². The van der Waals surface area contributed by atoms with Gasteiger partial charge in [-0.1, -0.05) is 18.2 Å². The van der Waals surface area contributed by atoms with Gasteiger partial charge in [-0.3, -0.25) is 4.90 Å². The summed E-state index contributed by atoms with van der Waals surface area (Å²) in [6.45, 7) is 1.49. The second-order valence-electron chi connectivity index (χ2n) is 4.54. The van der Waals surface area contributed by atoms with Gasteiger partial charge in [-0.25, -0.2) is 4.98 Å². The molecule has 4 nitrogen and oxygen atoms in total. The first-order chi connectivity index (χ1) is 9.17. The minimum absolute atomic E-state index is 0.539. The van der Waals surface area contributed by atoms with Gasteiger partial charge in [-0.15, -0.1) is 0 Å². The Bertz CT molecular complexity index is 601. The largest absolute Gasteiger partial charge is 0.384 e. The molecule has 2 aromatic rings. The Hall–Kier alpha value is -2.38. The van der Waals surface area contributed by atoms with E-state index in [0.717, 1.165) is 24.3 Å². The highest BCUT2D eigenvalue weighted by Gasteiger charge is 2.04. The number of nitrogens with two attached hydrogens (primary N) is 1. The summed E-state index contributed by atoms with van der Waals surface area (Å²) in [5, 5.41) is 8.87. The van der Waals surface area contributed by atoms with Crippen LogP contribution in [-0.4, -0.2) is 16.9 Å². The van der Waals surface area contributed by atoms with Gasteiger partial charge in [0.05, 0.1) is 17.3 Å². The SMILES string of the molecule is CN(Cc1cccc(C#N)c1)Cc1cccc(N)n1. The molecule has 0 atom stereocenters. The quantitative estimate of drug-likeness (QED) is 0.905. The summed E-state index contributed by atoms with van der Waals surface area (Å²) in [6.07, 6.45) is 0. The zero-order valence-electron chi connectivity index (χ0n) is 10.9. The maximum absolute atomic E-state index is 8.87. The van der Waals surface area contributed by atoms with Gasteiger partial charge in [-0.05, 0) is 36.9 Å². The van der Waals surface area contributed by atoms with Gasteiger partial charge >= 0.3 is 0 Å². The van der Waals surface area contributed by atoms with E-state index in [-0.39, 0.29) is 0 Å². The molecular formula is C15H16N4. The monoisotopic (exact) mass is 252 g/mol. The van der Waals surface area contributed by atoms with Gasteiger partial charge in [0.25, 0.3) is 0 Å². The predicted octanol–water partition coefficient (Wildman–Crippen LogP) is 2.17. The molecule has 0 unspecified atom stereocenters. The lowest BCUT2D eigenvalue weighted by Crippen LogP contribution is -2.18. The minimum atomic E-state index is 0.539.